The van der Waals surface area contributed by atoms with Crippen molar-refractivity contribution in [2.24, 2.45) is 0 Å². The molecule has 0 fully saturated rings. The minimum Gasteiger partial charge on any atom is -0.396 e. The predicted octanol–water partition coefficient (Wildman–Crippen LogP) is 0.207. The summed E-state index contributed by atoms with van der Waals surface area (Å²) >= 11 is 0. The molecule has 5 N–H and O–H groups in total. The van der Waals surface area contributed by atoms with Crippen LogP contribution >= 0.6 is 0 Å². The van der Waals surface area contributed by atoms with E-state index in [1.165, 1.54) is 6.20 Å². The highest BCUT2D eigenvalue weighted by Gasteiger charge is 1.98. The van der Waals surface area contributed by atoms with Crippen LogP contribution in [0.1, 0.15) is 12.0 Å². The molecule has 1 rings (SSSR count). The second kappa shape index (κ2) is 5.10. The number of rotatable bonds is 2. The van der Waals surface area contributed by atoms with Gasteiger partial charge in [0.25, 0.3) is 0 Å². The van der Waals surface area contributed by atoms with Gasteiger partial charge in [-0.25, -0.2) is 0 Å². The minimum absolute atomic E-state index is 0.477. The van der Waals surface area contributed by atoms with Crippen LogP contribution in [0.25, 0.3) is 0 Å². The zero-order valence-electron chi connectivity index (χ0n) is 8.17. The Morgan fingerprint density at radius 1 is 1.43 bits per heavy atom. The Bertz CT molecular complexity index is 362. The summed E-state index contributed by atoms with van der Waals surface area (Å²) in [5.74, 6) is 5.91. The topological polar surface area (TPSA) is 77.0 Å². The maximum Gasteiger partial charge on any atom is 0.0747 e. The highest BCUT2D eigenvalue weighted by molar-refractivity contribution is 5.69. The molecule has 0 aliphatic rings. The smallest absolute Gasteiger partial charge is 0.0747 e. The molecule has 0 saturated heterocycles. The molecule has 74 valence electrons. The van der Waals surface area contributed by atoms with Gasteiger partial charge in [-0.05, 0) is 7.05 Å². The van der Waals surface area contributed by atoms with Gasteiger partial charge in [0.2, 0.25) is 0 Å². The van der Waals surface area contributed by atoms with Gasteiger partial charge in [-0.15, -0.1) is 0 Å². The normalized spacial score (nSPS) is 9.21. The largest absolute Gasteiger partial charge is 0.396 e. The molecular weight excluding hydrogens is 176 g/mol. The summed E-state index contributed by atoms with van der Waals surface area (Å²) in [6.07, 6.45) is 3.93. The zero-order chi connectivity index (χ0) is 10.4. The fourth-order valence-electron chi connectivity index (χ4n) is 0.932. The molecule has 0 amide bonds. The summed E-state index contributed by atoms with van der Waals surface area (Å²) in [5, 5.41) is 3.01. The predicted molar refractivity (Wildman–Crippen MR) is 58.5 cm³/mol. The average Bonchev–Trinajstić information content (AvgIpc) is 2.19. The van der Waals surface area contributed by atoms with Crippen molar-refractivity contribution in [2.45, 2.75) is 6.42 Å². The van der Waals surface area contributed by atoms with Crippen molar-refractivity contribution in [3.63, 3.8) is 0 Å². The van der Waals surface area contributed by atoms with E-state index in [0.29, 0.717) is 16.9 Å². The van der Waals surface area contributed by atoms with Gasteiger partial charge in [0.1, 0.15) is 0 Å². The summed E-state index contributed by atoms with van der Waals surface area (Å²) in [6.45, 7) is 0.864. The third-order valence-electron chi connectivity index (χ3n) is 1.74. The number of anilines is 2. The summed E-state index contributed by atoms with van der Waals surface area (Å²) < 4.78 is 0. The van der Waals surface area contributed by atoms with Crippen LogP contribution in [0, 0.1) is 11.8 Å². The molecule has 1 aromatic rings. The fourth-order valence-corrected chi connectivity index (χ4v) is 0.932. The average molecular weight is 190 g/mol. The van der Waals surface area contributed by atoms with Gasteiger partial charge in [-0.2, -0.15) is 0 Å². The Hall–Kier alpha value is -1.73. The lowest BCUT2D eigenvalue weighted by Crippen LogP contribution is -2.06. The van der Waals surface area contributed by atoms with Crippen LogP contribution in [-0.4, -0.2) is 18.6 Å². The number of nitrogens with two attached hydrogens (primary N) is 2. The van der Waals surface area contributed by atoms with Crippen molar-refractivity contribution in [1.29, 1.82) is 0 Å². The number of nitrogen functional groups attached to an aromatic ring is 2. The number of nitrogens with one attached hydrogen (secondary N) is 1. The second-order valence-electron chi connectivity index (χ2n) is 2.85. The molecule has 14 heavy (non-hydrogen) atoms. The first kappa shape index (κ1) is 10.4. The minimum atomic E-state index is 0.477. The number of aromatic nitrogens is 1. The van der Waals surface area contributed by atoms with Crippen LogP contribution in [0.3, 0.4) is 0 Å². The Labute approximate surface area is 83.7 Å². The molecule has 0 unspecified atom stereocenters. The van der Waals surface area contributed by atoms with Gasteiger partial charge in [0.15, 0.2) is 0 Å². The van der Waals surface area contributed by atoms with Crippen molar-refractivity contribution >= 4 is 11.4 Å². The van der Waals surface area contributed by atoms with Crippen LogP contribution < -0.4 is 16.8 Å². The van der Waals surface area contributed by atoms with Crippen LogP contribution in [0.5, 0.6) is 0 Å². The third-order valence-corrected chi connectivity index (χ3v) is 1.74. The number of nitrogens with zero attached hydrogens (tertiary/aromatic N) is 1. The van der Waals surface area contributed by atoms with Crippen LogP contribution in [0.2, 0.25) is 0 Å². The first-order valence-corrected chi connectivity index (χ1v) is 4.38. The van der Waals surface area contributed by atoms with E-state index in [2.05, 4.69) is 22.1 Å². The Morgan fingerprint density at radius 2 is 2.21 bits per heavy atom. The monoisotopic (exact) mass is 190 g/mol. The Kier molecular flexibility index (Phi) is 3.77. The second-order valence-corrected chi connectivity index (χ2v) is 2.85. The summed E-state index contributed by atoms with van der Waals surface area (Å²) in [4.78, 5) is 3.92. The molecule has 4 nitrogen and oxygen atoms in total. The Balaban J connectivity index is 2.74. The van der Waals surface area contributed by atoms with E-state index in [1.807, 2.05) is 7.05 Å². The number of pyridine rings is 1. The van der Waals surface area contributed by atoms with Crippen LogP contribution in [0.4, 0.5) is 11.4 Å². The lowest BCUT2D eigenvalue weighted by molar-refractivity contribution is 0.818. The fraction of sp³-hybridized carbons (Fsp3) is 0.300. The van der Waals surface area contributed by atoms with Gasteiger partial charge < -0.3 is 16.8 Å². The van der Waals surface area contributed by atoms with Crippen LogP contribution in [0.15, 0.2) is 12.4 Å². The molecule has 1 aromatic heterocycles. The number of hydrogen-bond acceptors (Lipinski definition) is 4. The van der Waals surface area contributed by atoms with Gasteiger partial charge in [0.05, 0.1) is 23.1 Å². The molecule has 0 bridgehead atoms. The van der Waals surface area contributed by atoms with Crippen molar-refractivity contribution in [1.82, 2.24) is 10.3 Å². The first-order chi connectivity index (χ1) is 6.75. The molecule has 0 aliphatic heterocycles. The van der Waals surface area contributed by atoms with Crippen molar-refractivity contribution in [3.8, 4) is 11.8 Å². The van der Waals surface area contributed by atoms with E-state index in [0.717, 1.165) is 13.0 Å². The van der Waals surface area contributed by atoms with Gasteiger partial charge in [0, 0.05) is 19.2 Å². The quantitative estimate of drug-likeness (QED) is 0.460. The van der Waals surface area contributed by atoms with Crippen LogP contribution in [-0.2, 0) is 0 Å². The van der Waals surface area contributed by atoms with Crippen molar-refractivity contribution in [2.75, 3.05) is 25.1 Å². The lowest BCUT2D eigenvalue weighted by atomic mass is 10.2. The summed E-state index contributed by atoms with van der Waals surface area (Å²) in [5.41, 5.74) is 13.0. The van der Waals surface area contributed by atoms with Crippen molar-refractivity contribution < 1.29 is 0 Å². The van der Waals surface area contributed by atoms with E-state index in [9.17, 15) is 0 Å². The highest BCUT2D eigenvalue weighted by Crippen LogP contribution is 2.15. The summed E-state index contributed by atoms with van der Waals surface area (Å²) in [6, 6.07) is 0. The van der Waals surface area contributed by atoms with E-state index < -0.39 is 0 Å². The summed E-state index contributed by atoms with van der Waals surface area (Å²) in [7, 11) is 1.89. The standard InChI is InChI=1S/C10H14N4/c1-13-5-3-2-4-8-6-14-7-9(11)10(8)12/h6-7,13H,3,5,11H2,1H3,(H2,12,14). The maximum absolute atomic E-state index is 5.71. The van der Waals surface area contributed by atoms with Crippen molar-refractivity contribution in [3.05, 3.63) is 18.0 Å². The molecular formula is C10H14N4. The SMILES string of the molecule is CNCCC#Cc1cncc(N)c1N. The molecule has 1 heterocycles. The molecule has 0 spiro atoms. The molecule has 0 saturated carbocycles. The van der Waals surface area contributed by atoms with E-state index >= 15 is 0 Å². The molecule has 0 radical (unpaired) electrons. The Morgan fingerprint density at radius 3 is 2.93 bits per heavy atom. The molecule has 0 atom stereocenters. The van der Waals surface area contributed by atoms with E-state index in [4.69, 9.17) is 11.5 Å². The maximum atomic E-state index is 5.71. The molecule has 0 aliphatic carbocycles. The zero-order valence-corrected chi connectivity index (χ0v) is 8.17. The van der Waals surface area contributed by atoms with Gasteiger partial charge in [-0.1, -0.05) is 11.8 Å². The molecule has 0 aromatic carbocycles. The van der Waals surface area contributed by atoms with E-state index in [1.54, 1.807) is 6.20 Å². The first-order valence-electron chi connectivity index (χ1n) is 4.38. The lowest BCUT2D eigenvalue weighted by Gasteiger charge is -2.00. The van der Waals surface area contributed by atoms with E-state index in [-0.39, 0.29) is 0 Å². The third kappa shape index (κ3) is 2.64. The van der Waals surface area contributed by atoms with Gasteiger partial charge in [-0.3, -0.25) is 4.98 Å². The van der Waals surface area contributed by atoms with Gasteiger partial charge >= 0.3 is 0 Å². The number of hydrogen-bond donors (Lipinski definition) is 3. The highest BCUT2D eigenvalue weighted by atomic mass is 14.8. The molecule has 4 heteroatoms.